The van der Waals surface area contributed by atoms with Crippen molar-refractivity contribution in [1.29, 1.82) is 5.26 Å². The molecule has 0 aliphatic rings. The number of nitriles is 1. The van der Waals surface area contributed by atoms with Gasteiger partial charge in [0.05, 0.1) is 23.1 Å². The van der Waals surface area contributed by atoms with Crippen molar-refractivity contribution in [3.05, 3.63) is 71.4 Å². The molecule has 0 radical (unpaired) electrons. The maximum Gasteiger partial charge on any atom is 0.291 e. The molecule has 4 aromatic rings. The zero-order valence-electron chi connectivity index (χ0n) is 15.8. The van der Waals surface area contributed by atoms with Gasteiger partial charge >= 0.3 is 0 Å². The van der Waals surface area contributed by atoms with E-state index in [1.54, 1.807) is 47.3 Å². The fraction of sp³-hybridized carbons (Fsp3) is 0.143. The highest BCUT2D eigenvalue weighted by molar-refractivity contribution is 6.03. The molecule has 144 valence electrons. The van der Waals surface area contributed by atoms with Crippen LogP contribution in [0.4, 0.5) is 5.69 Å². The largest absolute Gasteiger partial charge is 0.484 e. The number of aryl methyl sites for hydroxylation is 2. The molecule has 29 heavy (non-hydrogen) atoms. The zero-order valence-corrected chi connectivity index (χ0v) is 15.8. The SMILES string of the molecule is Cc1nn(C)c2ncc(NC(=O)c3ccc(COc4ccccc4C#N)o3)cc12. The molecular formula is C21H17N5O3. The molecule has 0 aliphatic heterocycles. The number of hydrogen-bond acceptors (Lipinski definition) is 6. The lowest BCUT2D eigenvalue weighted by molar-refractivity contribution is 0.0992. The number of benzene rings is 1. The average Bonchev–Trinajstić information content (AvgIpc) is 3.31. The third-order valence-corrected chi connectivity index (χ3v) is 4.38. The molecule has 0 spiro atoms. The van der Waals surface area contributed by atoms with Crippen LogP contribution in [0.2, 0.25) is 0 Å². The molecule has 3 aromatic heterocycles. The highest BCUT2D eigenvalue weighted by atomic mass is 16.5. The third-order valence-electron chi connectivity index (χ3n) is 4.38. The number of pyridine rings is 1. The molecule has 0 bridgehead atoms. The number of para-hydroxylation sites is 1. The third kappa shape index (κ3) is 3.66. The Kier molecular flexibility index (Phi) is 4.71. The molecule has 0 atom stereocenters. The van der Waals surface area contributed by atoms with Crippen molar-refractivity contribution < 1.29 is 13.9 Å². The van der Waals surface area contributed by atoms with E-state index in [-0.39, 0.29) is 12.4 Å². The van der Waals surface area contributed by atoms with E-state index in [4.69, 9.17) is 14.4 Å². The molecular weight excluding hydrogens is 370 g/mol. The molecule has 8 heteroatoms. The summed E-state index contributed by atoms with van der Waals surface area (Å²) in [7, 11) is 1.82. The van der Waals surface area contributed by atoms with Crippen LogP contribution in [0.1, 0.15) is 27.6 Å². The number of hydrogen-bond donors (Lipinski definition) is 1. The highest BCUT2D eigenvalue weighted by Gasteiger charge is 2.14. The summed E-state index contributed by atoms with van der Waals surface area (Å²) in [6.07, 6.45) is 1.58. The second kappa shape index (κ2) is 7.48. The number of fused-ring (bicyclic) bond motifs is 1. The Hall–Kier alpha value is -4.12. The maximum absolute atomic E-state index is 12.5. The van der Waals surface area contributed by atoms with Crippen molar-refractivity contribution in [1.82, 2.24) is 14.8 Å². The van der Waals surface area contributed by atoms with Gasteiger partial charge in [-0.1, -0.05) is 12.1 Å². The summed E-state index contributed by atoms with van der Waals surface area (Å²) in [4.78, 5) is 16.8. The monoisotopic (exact) mass is 387 g/mol. The minimum atomic E-state index is -0.392. The number of anilines is 1. The van der Waals surface area contributed by atoms with E-state index in [0.717, 1.165) is 16.7 Å². The first-order valence-electron chi connectivity index (χ1n) is 8.86. The Morgan fingerprint density at radius 1 is 1.31 bits per heavy atom. The smallest absolute Gasteiger partial charge is 0.291 e. The number of aromatic nitrogens is 3. The minimum Gasteiger partial charge on any atom is -0.484 e. The van der Waals surface area contributed by atoms with Crippen molar-refractivity contribution >= 4 is 22.6 Å². The molecule has 0 aliphatic carbocycles. The Labute approximate surface area is 166 Å². The van der Waals surface area contributed by atoms with Gasteiger partial charge in [0.2, 0.25) is 0 Å². The number of ether oxygens (including phenoxy) is 1. The number of rotatable bonds is 5. The zero-order chi connectivity index (χ0) is 20.4. The number of nitrogens with one attached hydrogen (secondary N) is 1. The second-order valence-corrected chi connectivity index (χ2v) is 6.42. The molecule has 3 heterocycles. The van der Waals surface area contributed by atoms with Crippen LogP contribution in [0.15, 0.2) is 53.1 Å². The summed E-state index contributed by atoms with van der Waals surface area (Å²) < 4.78 is 12.9. The van der Waals surface area contributed by atoms with Crippen LogP contribution >= 0.6 is 0 Å². The van der Waals surface area contributed by atoms with Crippen LogP contribution in [0.3, 0.4) is 0 Å². The van der Waals surface area contributed by atoms with Crippen LogP contribution in [0.25, 0.3) is 11.0 Å². The molecule has 0 saturated heterocycles. The molecule has 1 N–H and O–H groups in total. The van der Waals surface area contributed by atoms with Gasteiger partial charge in [0.25, 0.3) is 5.91 Å². The van der Waals surface area contributed by atoms with Crippen molar-refractivity contribution in [3.8, 4) is 11.8 Å². The topological polar surface area (TPSA) is 106 Å². The number of furan rings is 1. The Morgan fingerprint density at radius 3 is 2.97 bits per heavy atom. The molecule has 4 rings (SSSR count). The number of nitrogens with zero attached hydrogens (tertiary/aromatic N) is 4. The first-order chi connectivity index (χ1) is 14.0. The minimum absolute atomic E-state index is 0.106. The van der Waals surface area contributed by atoms with Gasteiger partial charge in [0, 0.05) is 12.4 Å². The van der Waals surface area contributed by atoms with Crippen LogP contribution in [-0.2, 0) is 13.7 Å². The fourth-order valence-electron chi connectivity index (χ4n) is 2.98. The van der Waals surface area contributed by atoms with Crippen molar-refractivity contribution in [2.24, 2.45) is 7.05 Å². The molecule has 0 unspecified atom stereocenters. The summed E-state index contributed by atoms with van der Waals surface area (Å²) in [5, 5.41) is 17.1. The van der Waals surface area contributed by atoms with E-state index in [0.29, 0.717) is 22.8 Å². The highest BCUT2D eigenvalue weighted by Crippen LogP contribution is 2.21. The van der Waals surface area contributed by atoms with Crippen LogP contribution in [0, 0.1) is 18.3 Å². The predicted molar refractivity (Wildman–Crippen MR) is 105 cm³/mol. The van der Waals surface area contributed by atoms with Crippen LogP contribution in [0.5, 0.6) is 5.75 Å². The van der Waals surface area contributed by atoms with E-state index in [2.05, 4.69) is 21.5 Å². The van der Waals surface area contributed by atoms with Crippen molar-refractivity contribution in [2.75, 3.05) is 5.32 Å². The summed E-state index contributed by atoms with van der Waals surface area (Å²) in [5.74, 6) is 0.694. The van der Waals surface area contributed by atoms with Gasteiger partial charge in [0.15, 0.2) is 11.4 Å². The summed E-state index contributed by atoms with van der Waals surface area (Å²) >= 11 is 0. The molecule has 8 nitrogen and oxygen atoms in total. The fourth-order valence-corrected chi connectivity index (χ4v) is 2.98. The first-order valence-corrected chi connectivity index (χ1v) is 8.86. The maximum atomic E-state index is 12.5. The van der Waals surface area contributed by atoms with Crippen LogP contribution in [-0.4, -0.2) is 20.7 Å². The van der Waals surface area contributed by atoms with E-state index < -0.39 is 5.91 Å². The van der Waals surface area contributed by atoms with Gasteiger partial charge in [-0.15, -0.1) is 0 Å². The summed E-state index contributed by atoms with van der Waals surface area (Å²) in [6.45, 7) is 1.99. The second-order valence-electron chi connectivity index (χ2n) is 6.42. The lowest BCUT2D eigenvalue weighted by Gasteiger charge is -2.06. The van der Waals surface area contributed by atoms with Crippen molar-refractivity contribution in [3.63, 3.8) is 0 Å². The average molecular weight is 387 g/mol. The Morgan fingerprint density at radius 2 is 2.14 bits per heavy atom. The lowest BCUT2D eigenvalue weighted by atomic mass is 10.2. The number of amides is 1. The van der Waals surface area contributed by atoms with Crippen molar-refractivity contribution in [2.45, 2.75) is 13.5 Å². The standard InChI is InChI=1S/C21H17N5O3/c1-13-17-9-15(11-23-20(17)26(2)25-13)24-21(27)19-8-7-16(29-19)12-28-18-6-4-3-5-14(18)10-22/h3-9,11H,12H2,1-2H3,(H,24,27). The molecule has 1 aromatic carbocycles. The molecule has 1 amide bonds. The normalized spacial score (nSPS) is 10.7. The van der Waals surface area contributed by atoms with Gasteiger partial charge < -0.3 is 14.5 Å². The first kappa shape index (κ1) is 18.3. The lowest BCUT2D eigenvalue weighted by Crippen LogP contribution is -2.11. The van der Waals surface area contributed by atoms with Gasteiger partial charge in [-0.05, 0) is 37.3 Å². The predicted octanol–water partition coefficient (Wildman–Crippen LogP) is 3.57. The summed E-state index contributed by atoms with van der Waals surface area (Å²) in [5.41, 5.74) is 2.57. The van der Waals surface area contributed by atoms with Gasteiger partial charge in [-0.2, -0.15) is 10.4 Å². The van der Waals surface area contributed by atoms with Gasteiger partial charge in [0.1, 0.15) is 24.2 Å². The Balaban J connectivity index is 1.44. The van der Waals surface area contributed by atoms with E-state index in [1.807, 2.05) is 20.0 Å². The number of carbonyl (C=O) groups excluding carboxylic acids is 1. The quantitative estimate of drug-likeness (QED) is 0.561. The summed E-state index contributed by atoms with van der Waals surface area (Å²) in [6, 6.07) is 14.1. The van der Waals surface area contributed by atoms with Gasteiger partial charge in [-0.3, -0.25) is 9.48 Å². The number of carbonyl (C=O) groups is 1. The molecule has 0 fully saturated rings. The Bertz CT molecular complexity index is 1250. The van der Waals surface area contributed by atoms with E-state index in [9.17, 15) is 4.79 Å². The van der Waals surface area contributed by atoms with Crippen LogP contribution < -0.4 is 10.1 Å². The van der Waals surface area contributed by atoms with Gasteiger partial charge in [-0.25, -0.2) is 4.98 Å². The molecule has 0 saturated carbocycles. The van der Waals surface area contributed by atoms with E-state index in [1.165, 1.54) is 0 Å². The van der Waals surface area contributed by atoms with E-state index >= 15 is 0 Å².